The van der Waals surface area contributed by atoms with Gasteiger partial charge in [-0.15, -0.1) is 0 Å². The molecule has 3 heteroatoms. The molecule has 1 aliphatic carbocycles. The summed E-state index contributed by atoms with van der Waals surface area (Å²) in [5, 5.41) is 4.54. The minimum atomic E-state index is 0.620. The third kappa shape index (κ3) is 1.05. The van der Waals surface area contributed by atoms with Crippen LogP contribution in [0.2, 0.25) is 0 Å². The molecule has 3 nitrogen and oxygen atoms in total. The topological polar surface area (TPSA) is 30.2 Å². The summed E-state index contributed by atoms with van der Waals surface area (Å²) in [6, 6.07) is 6.11. The molecule has 0 unspecified atom stereocenters. The van der Waals surface area contributed by atoms with Crippen LogP contribution in [0, 0.1) is 6.92 Å². The van der Waals surface area contributed by atoms with Gasteiger partial charge in [0.25, 0.3) is 0 Å². The lowest BCUT2D eigenvalue weighted by atomic mass is 9.85. The quantitative estimate of drug-likeness (QED) is 0.685. The van der Waals surface area contributed by atoms with Gasteiger partial charge < -0.3 is 0 Å². The van der Waals surface area contributed by atoms with Gasteiger partial charge in [0.15, 0.2) is 11.5 Å². The first-order valence-corrected chi connectivity index (χ1v) is 5.17. The average Bonchev–Trinajstić information content (AvgIpc) is 2.46. The summed E-state index contributed by atoms with van der Waals surface area (Å²) in [5.41, 5.74) is 2.13. The van der Waals surface area contributed by atoms with E-state index in [1.54, 1.807) is 0 Å². The third-order valence-corrected chi connectivity index (χ3v) is 3.04. The molecule has 0 radical (unpaired) electrons. The Hall–Kier alpha value is -1.38. The van der Waals surface area contributed by atoms with E-state index in [1.165, 1.54) is 19.3 Å². The van der Waals surface area contributed by atoms with Gasteiger partial charge in [-0.25, -0.2) is 9.50 Å². The second-order valence-electron chi connectivity index (χ2n) is 4.03. The number of nitrogens with zero attached hydrogens (tertiary/aromatic N) is 3. The zero-order valence-electron chi connectivity index (χ0n) is 8.27. The van der Waals surface area contributed by atoms with Crippen molar-refractivity contribution >= 4 is 5.65 Å². The van der Waals surface area contributed by atoms with Crippen molar-refractivity contribution in [3.8, 4) is 0 Å². The van der Waals surface area contributed by atoms with E-state index in [-0.39, 0.29) is 0 Å². The maximum atomic E-state index is 4.55. The molecular formula is C11H13N3. The Morgan fingerprint density at radius 1 is 1.36 bits per heavy atom. The van der Waals surface area contributed by atoms with E-state index in [1.807, 2.05) is 16.6 Å². The van der Waals surface area contributed by atoms with Crippen LogP contribution in [0.15, 0.2) is 18.2 Å². The fourth-order valence-electron chi connectivity index (χ4n) is 1.89. The Bertz CT molecular complexity index is 468. The number of pyridine rings is 1. The van der Waals surface area contributed by atoms with Crippen LogP contribution in [-0.4, -0.2) is 14.6 Å². The van der Waals surface area contributed by atoms with Gasteiger partial charge in [0.1, 0.15) is 0 Å². The molecule has 1 fully saturated rings. The Balaban J connectivity index is 2.15. The zero-order chi connectivity index (χ0) is 9.54. The zero-order valence-corrected chi connectivity index (χ0v) is 8.27. The molecule has 1 aliphatic rings. The summed E-state index contributed by atoms with van der Waals surface area (Å²) in [7, 11) is 0. The van der Waals surface area contributed by atoms with Gasteiger partial charge in [-0.1, -0.05) is 12.5 Å². The monoisotopic (exact) mass is 187 g/mol. The van der Waals surface area contributed by atoms with Crippen molar-refractivity contribution in [2.75, 3.05) is 0 Å². The minimum absolute atomic E-state index is 0.620. The molecule has 1 saturated carbocycles. The first kappa shape index (κ1) is 7.97. The van der Waals surface area contributed by atoms with E-state index in [0.29, 0.717) is 5.92 Å². The number of hydrogen-bond donors (Lipinski definition) is 0. The summed E-state index contributed by atoms with van der Waals surface area (Å²) in [6.45, 7) is 2.06. The van der Waals surface area contributed by atoms with Crippen molar-refractivity contribution in [1.82, 2.24) is 14.6 Å². The van der Waals surface area contributed by atoms with Crippen molar-refractivity contribution in [1.29, 1.82) is 0 Å². The molecule has 0 saturated heterocycles. The summed E-state index contributed by atoms with van der Waals surface area (Å²) in [6.07, 6.45) is 3.85. The number of aromatic nitrogens is 3. The number of fused-ring (bicyclic) bond motifs is 1. The molecule has 2 aromatic rings. The third-order valence-electron chi connectivity index (χ3n) is 3.04. The van der Waals surface area contributed by atoms with E-state index < -0.39 is 0 Å². The lowest BCUT2D eigenvalue weighted by molar-refractivity contribution is 0.401. The maximum absolute atomic E-state index is 4.55. The van der Waals surface area contributed by atoms with Crippen molar-refractivity contribution in [2.24, 2.45) is 0 Å². The van der Waals surface area contributed by atoms with Crippen LogP contribution in [0.1, 0.15) is 36.7 Å². The van der Waals surface area contributed by atoms with E-state index >= 15 is 0 Å². The summed E-state index contributed by atoms with van der Waals surface area (Å²) in [4.78, 5) is 4.55. The lowest BCUT2D eigenvalue weighted by Crippen LogP contribution is -2.10. The fourth-order valence-corrected chi connectivity index (χ4v) is 1.89. The van der Waals surface area contributed by atoms with Crippen LogP contribution in [-0.2, 0) is 0 Å². The molecule has 0 bridgehead atoms. The van der Waals surface area contributed by atoms with Crippen molar-refractivity contribution < 1.29 is 0 Å². The first-order chi connectivity index (χ1) is 6.84. The van der Waals surface area contributed by atoms with Crippen LogP contribution in [0.3, 0.4) is 0 Å². The Kier molecular flexibility index (Phi) is 1.60. The smallest absolute Gasteiger partial charge is 0.155 e. The van der Waals surface area contributed by atoms with Crippen LogP contribution >= 0.6 is 0 Å². The van der Waals surface area contributed by atoms with Gasteiger partial charge in [0.05, 0.1) is 0 Å². The minimum Gasteiger partial charge on any atom is -0.218 e. The average molecular weight is 187 g/mol. The molecule has 3 rings (SSSR count). The molecule has 14 heavy (non-hydrogen) atoms. The Labute approximate surface area is 82.8 Å². The van der Waals surface area contributed by atoms with Gasteiger partial charge in [-0.3, -0.25) is 0 Å². The van der Waals surface area contributed by atoms with Gasteiger partial charge in [0, 0.05) is 11.6 Å². The van der Waals surface area contributed by atoms with Crippen LogP contribution < -0.4 is 0 Å². The molecule has 2 heterocycles. The Morgan fingerprint density at radius 2 is 2.21 bits per heavy atom. The Morgan fingerprint density at radius 3 is 2.86 bits per heavy atom. The number of hydrogen-bond acceptors (Lipinski definition) is 2. The molecule has 0 atom stereocenters. The number of aryl methyl sites for hydroxylation is 1. The predicted molar refractivity (Wildman–Crippen MR) is 54.3 cm³/mol. The fraction of sp³-hybridized carbons (Fsp3) is 0.455. The highest BCUT2D eigenvalue weighted by Crippen LogP contribution is 2.34. The molecule has 0 aliphatic heterocycles. The standard InChI is InChI=1S/C11H13N3/c1-8-4-2-7-10-12-11(13-14(8)10)9-5-3-6-9/h2,4,7,9H,3,5-6H2,1H3. The van der Waals surface area contributed by atoms with Crippen LogP contribution in [0.4, 0.5) is 0 Å². The lowest BCUT2D eigenvalue weighted by Gasteiger charge is -2.21. The van der Waals surface area contributed by atoms with E-state index in [9.17, 15) is 0 Å². The van der Waals surface area contributed by atoms with Gasteiger partial charge in [-0.2, -0.15) is 5.10 Å². The molecular weight excluding hydrogens is 174 g/mol. The molecule has 0 spiro atoms. The SMILES string of the molecule is Cc1cccc2nc(C3CCC3)nn12. The predicted octanol–water partition coefficient (Wildman–Crippen LogP) is 2.31. The highest BCUT2D eigenvalue weighted by atomic mass is 15.3. The van der Waals surface area contributed by atoms with Crippen molar-refractivity contribution in [3.63, 3.8) is 0 Å². The highest BCUT2D eigenvalue weighted by Gasteiger charge is 2.23. The van der Waals surface area contributed by atoms with Gasteiger partial charge in [-0.05, 0) is 31.9 Å². The maximum Gasteiger partial charge on any atom is 0.155 e. The first-order valence-electron chi connectivity index (χ1n) is 5.17. The van der Waals surface area contributed by atoms with E-state index in [0.717, 1.165) is 17.2 Å². The second-order valence-corrected chi connectivity index (χ2v) is 4.03. The normalized spacial score (nSPS) is 17.2. The van der Waals surface area contributed by atoms with Gasteiger partial charge >= 0.3 is 0 Å². The number of rotatable bonds is 1. The summed E-state index contributed by atoms with van der Waals surface area (Å²) < 4.78 is 1.94. The van der Waals surface area contributed by atoms with Crippen LogP contribution in [0.5, 0.6) is 0 Å². The summed E-state index contributed by atoms with van der Waals surface area (Å²) >= 11 is 0. The van der Waals surface area contributed by atoms with Gasteiger partial charge in [0.2, 0.25) is 0 Å². The molecule has 0 N–H and O–H groups in total. The van der Waals surface area contributed by atoms with E-state index in [2.05, 4.69) is 23.1 Å². The largest absolute Gasteiger partial charge is 0.218 e. The molecule has 72 valence electrons. The summed E-state index contributed by atoms with van der Waals surface area (Å²) in [5.74, 6) is 1.65. The highest BCUT2D eigenvalue weighted by molar-refractivity contribution is 5.39. The molecule has 2 aromatic heterocycles. The molecule has 0 aromatic carbocycles. The van der Waals surface area contributed by atoms with Crippen molar-refractivity contribution in [2.45, 2.75) is 32.1 Å². The van der Waals surface area contributed by atoms with Crippen LogP contribution in [0.25, 0.3) is 5.65 Å². The molecule has 0 amide bonds. The van der Waals surface area contributed by atoms with Crippen molar-refractivity contribution in [3.05, 3.63) is 29.7 Å². The second kappa shape index (κ2) is 2.80. The van der Waals surface area contributed by atoms with E-state index in [4.69, 9.17) is 0 Å².